The van der Waals surface area contributed by atoms with Crippen molar-refractivity contribution in [2.45, 2.75) is 18.6 Å². The first-order valence-corrected chi connectivity index (χ1v) is 10.4. The van der Waals surface area contributed by atoms with Crippen LogP contribution < -0.4 is 5.32 Å². The van der Waals surface area contributed by atoms with E-state index in [2.05, 4.69) is 15.5 Å². The molecular weight excluding hydrogens is 386 g/mol. The average Bonchev–Trinajstić information content (AvgIpc) is 3.24. The highest BCUT2D eigenvalue weighted by molar-refractivity contribution is 8.14. The molecule has 27 heavy (non-hydrogen) atoms. The van der Waals surface area contributed by atoms with E-state index in [-0.39, 0.29) is 41.6 Å². The highest BCUT2D eigenvalue weighted by Crippen LogP contribution is 2.23. The number of nitrogens with one attached hydrogen (secondary N) is 1. The van der Waals surface area contributed by atoms with Gasteiger partial charge in [0.25, 0.3) is 5.24 Å². The monoisotopic (exact) mass is 405 g/mol. The molecule has 1 aromatic carbocycles. The second-order valence-electron chi connectivity index (χ2n) is 5.66. The first-order chi connectivity index (χ1) is 13.1. The van der Waals surface area contributed by atoms with E-state index >= 15 is 0 Å². The highest BCUT2D eigenvalue weighted by Gasteiger charge is 2.29. The van der Waals surface area contributed by atoms with Crippen molar-refractivity contribution < 1.29 is 14.4 Å². The van der Waals surface area contributed by atoms with Crippen molar-refractivity contribution in [1.82, 2.24) is 25.0 Å². The first-order valence-electron chi connectivity index (χ1n) is 8.45. The quantitative estimate of drug-likeness (QED) is 0.670. The maximum atomic E-state index is 12.0. The molecule has 0 bridgehead atoms. The van der Waals surface area contributed by atoms with Gasteiger partial charge in [-0.25, -0.2) is 0 Å². The lowest BCUT2D eigenvalue weighted by molar-refractivity contribution is -0.125. The van der Waals surface area contributed by atoms with Crippen molar-refractivity contribution >= 4 is 40.6 Å². The van der Waals surface area contributed by atoms with E-state index in [1.54, 1.807) is 0 Å². The Labute approximate surface area is 165 Å². The van der Waals surface area contributed by atoms with E-state index in [1.165, 1.54) is 11.8 Å². The van der Waals surface area contributed by atoms with Gasteiger partial charge in [-0.15, -0.1) is 10.2 Å². The summed E-state index contributed by atoms with van der Waals surface area (Å²) >= 11 is 2.29. The number of carbonyl (C=O) groups is 3. The molecule has 2 aromatic rings. The third-order valence-electron chi connectivity index (χ3n) is 3.90. The number of thioether (sulfide) groups is 2. The van der Waals surface area contributed by atoms with Crippen molar-refractivity contribution in [3.8, 4) is 11.4 Å². The van der Waals surface area contributed by atoms with Crippen molar-refractivity contribution in [3.63, 3.8) is 0 Å². The van der Waals surface area contributed by atoms with Gasteiger partial charge in [0.1, 0.15) is 0 Å². The molecule has 0 aliphatic carbocycles. The number of benzene rings is 1. The Morgan fingerprint density at radius 2 is 2.04 bits per heavy atom. The molecule has 8 nitrogen and oxygen atoms in total. The predicted molar refractivity (Wildman–Crippen MR) is 104 cm³/mol. The minimum Gasteiger partial charge on any atom is -0.354 e. The normalized spacial score (nSPS) is 14.0. The van der Waals surface area contributed by atoms with Crippen molar-refractivity contribution in [1.29, 1.82) is 0 Å². The number of carbonyl (C=O) groups excluding carboxylic acids is 3. The SMILES string of the molecule is CCn1c(SCC(=O)NCCN2C(=O)CSC2=O)nnc1-c1ccccc1. The van der Waals surface area contributed by atoms with Crippen LogP contribution in [0.5, 0.6) is 0 Å². The van der Waals surface area contributed by atoms with Crippen LogP contribution in [0, 0.1) is 0 Å². The standard InChI is InChI=1S/C17H19N5O3S2/c1-2-21-15(12-6-4-3-5-7-12)19-20-16(21)26-10-13(23)18-8-9-22-14(24)11-27-17(22)25/h3-7H,2,8-11H2,1H3,(H,18,23). The topological polar surface area (TPSA) is 97.2 Å². The summed E-state index contributed by atoms with van der Waals surface area (Å²) in [6.07, 6.45) is 0. The molecule has 0 atom stereocenters. The van der Waals surface area contributed by atoms with Crippen LogP contribution in [0.1, 0.15) is 6.92 Å². The van der Waals surface area contributed by atoms with Crippen LogP contribution in [0.25, 0.3) is 11.4 Å². The second kappa shape index (κ2) is 9.05. The zero-order chi connectivity index (χ0) is 19.2. The van der Waals surface area contributed by atoms with E-state index in [0.29, 0.717) is 11.7 Å². The summed E-state index contributed by atoms with van der Waals surface area (Å²) in [6, 6.07) is 9.77. The Morgan fingerprint density at radius 3 is 2.70 bits per heavy atom. The van der Waals surface area contributed by atoms with Crippen LogP contribution in [-0.4, -0.2) is 61.3 Å². The fourth-order valence-corrected chi connectivity index (χ4v) is 4.15. The molecule has 1 saturated heterocycles. The second-order valence-corrected chi connectivity index (χ2v) is 7.52. The molecule has 1 N–H and O–H groups in total. The molecule has 3 rings (SSSR count). The zero-order valence-electron chi connectivity index (χ0n) is 14.8. The maximum absolute atomic E-state index is 12.0. The van der Waals surface area contributed by atoms with Crippen LogP contribution in [0.2, 0.25) is 0 Å². The number of nitrogens with zero attached hydrogens (tertiary/aromatic N) is 4. The van der Waals surface area contributed by atoms with Gasteiger partial charge in [0.05, 0.1) is 11.5 Å². The molecule has 142 valence electrons. The van der Waals surface area contributed by atoms with Gasteiger partial charge in [0, 0.05) is 25.2 Å². The zero-order valence-corrected chi connectivity index (χ0v) is 16.4. The number of amides is 3. The van der Waals surface area contributed by atoms with Gasteiger partial charge in [-0.3, -0.25) is 19.3 Å². The number of hydrogen-bond acceptors (Lipinski definition) is 7. The summed E-state index contributed by atoms with van der Waals surface area (Å²) in [5, 5.41) is 11.6. The van der Waals surface area contributed by atoms with E-state index in [1.807, 2.05) is 41.8 Å². The predicted octanol–water partition coefficient (Wildman–Crippen LogP) is 1.87. The summed E-state index contributed by atoms with van der Waals surface area (Å²) in [5.74, 6) is 0.740. The molecule has 1 aliphatic rings. The van der Waals surface area contributed by atoms with E-state index in [4.69, 9.17) is 0 Å². The summed E-state index contributed by atoms with van der Waals surface area (Å²) in [4.78, 5) is 36.2. The van der Waals surface area contributed by atoms with Gasteiger partial charge >= 0.3 is 0 Å². The molecule has 3 amide bonds. The smallest absolute Gasteiger partial charge is 0.288 e. The number of aromatic nitrogens is 3. The molecule has 0 saturated carbocycles. The summed E-state index contributed by atoms with van der Waals surface area (Å²) < 4.78 is 1.96. The van der Waals surface area contributed by atoms with Gasteiger partial charge in [0.15, 0.2) is 11.0 Å². The molecule has 2 heterocycles. The fraction of sp³-hybridized carbons (Fsp3) is 0.353. The number of hydrogen-bond donors (Lipinski definition) is 1. The molecule has 1 aliphatic heterocycles. The summed E-state index contributed by atoms with van der Waals surface area (Å²) in [5.41, 5.74) is 0.973. The highest BCUT2D eigenvalue weighted by atomic mass is 32.2. The third-order valence-corrected chi connectivity index (χ3v) is 5.72. The van der Waals surface area contributed by atoms with E-state index in [9.17, 15) is 14.4 Å². The molecular formula is C17H19N5O3S2. The maximum Gasteiger partial charge on any atom is 0.288 e. The average molecular weight is 406 g/mol. The van der Waals surface area contributed by atoms with Crippen molar-refractivity contribution in [2.75, 3.05) is 24.6 Å². The van der Waals surface area contributed by atoms with E-state index < -0.39 is 0 Å². The first kappa shape index (κ1) is 19.4. The van der Waals surface area contributed by atoms with Crippen LogP contribution in [0.4, 0.5) is 4.79 Å². The number of rotatable bonds is 8. The fourth-order valence-electron chi connectivity index (χ4n) is 2.57. The molecule has 10 heteroatoms. The Bertz CT molecular complexity index is 824. The molecule has 1 aromatic heterocycles. The lowest BCUT2D eigenvalue weighted by atomic mass is 10.2. The summed E-state index contributed by atoms with van der Waals surface area (Å²) in [6.45, 7) is 3.14. The molecule has 0 unspecified atom stereocenters. The van der Waals surface area contributed by atoms with Crippen LogP contribution in [0.15, 0.2) is 35.5 Å². The van der Waals surface area contributed by atoms with Crippen LogP contribution in [-0.2, 0) is 16.1 Å². The van der Waals surface area contributed by atoms with Gasteiger partial charge < -0.3 is 9.88 Å². The molecule has 1 fully saturated rings. The van der Waals surface area contributed by atoms with Gasteiger partial charge in [-0.2, -0.15) is 0 Å². The lowest BCUT2D eigenvalue weighted by Gasteiger charge is -2.13. The van der Waals surface area contributed by atoms with Crippen LogP contribution >= 0.6 is 23.5 Å². The van der Waals surface area contributed by atoms with Gasteiger partial charge in [-0.05, 0) is 6.92 Å². The third kappa shape index (κ3) is 4.69. The Kier molecular flexibility index (Phi) is 6.51. The van der Waals surface area contributed by atoms with Gasteiger partial charge in [-0.1, -0.05) is 53.9 Å². The summed E-state index contributed by atoms with van der Waals surface area (Å²) in [7, 11) is 0. The number of imide groups is 1. The lowest BCUT2D eigenvalue weighted by Crippen LogP contribution is -2.38. The Balaban J connectivity index is 1.51. The largest absolute Gasteiger partial charge is 0.354 e. The van der Waals surface area contributed by atoms with Crippen LogP contribution in [0.3, 0.4) is 0 Å². The van der Waals surface area contributed by atoms with Crippen molar-refractivity contribution in [2.24, 2.45) is 0 Å². The Morgan fingerprint density at radius 1 is 1.26 bits per heavy atom. The Hall–Kier alpha value is -2.33. The van der Waals surface area contributed by atoms with E-state index in [0.717, 1.165) is 28.0 Å². The minimum atomic E-state index is -0.256. The minimum absolute atomic E-state index is 0.180. The van der Waals surface area contributed by atoms with Crippen molar-refractivity contribution in [3.05, 3.63) is 30.3 Å². The van der Waals surface area contributed by atoms with Gasteiger partial charge in [0.2, 0.25) is 11.8 Å². The molecule has 0 radical (unpaired) electrons. The molecule has 0 spiro atoms.